The summed E-state index contributed by atoms with van der Waals surface area (Å²) in [5.41, 5.74) is 4.61. The molecule has 0 saturated carbocycles. The van der Waals surface area contributed by atoms with Crippen LogP contribution >= 0.6 is 0 Å². The van der Waals surface area contributed by atoms with Gasteiger partial charge in [-0.2, -0.15) is 5.10 Å². The normalized spacial score (nSPS) is 17.5. The SMILES string of the molecule is Cc1c[nH]c(-c2cc([C@H]3CCCN(C(=O)c4ccc(F)cc4)C3)[nH]n2)c1. The number of hydrogen-bond acceptors (Lipinski definition) is 2. The molecule has 1 saturated heterocycles. The van der Waals surface area contributed by atoms with E-state index in [0.29, 0.717) is 12.1 Å². The molecule has 5 nitrogen and oxygen atoms in total. The van der Waals surface area contributed by atoms with Gasteiger partial charge < -0.3 is 9.88 Å². The molecule has 0 bridgehead atoms. The van der Waals surface area contributed by atoms with E-state index in [1.807, 2.05) is 18.0 Å². The van der Waals surface area contributed by atoms with Gasteiger partial charge in [-0.05, 0) is 61.7 Å². The first-order chi connectivity index (χ1) is 12.6. The summed E-state index contributed by atoms with van der Waals surface area (Å²) in [6.45, 7) is 3.40. The van der Waals surface area contributed by atoms with Gasteiger partial charge in [0.1, 0.15) is 11.5 Å². The van der Waals surface area contributed by atoms with Crippen LogP contribution in [0.15, 0.2) is 42.6 Å². The van der Waals surface area contributed by atoms with Crippen molar-refractivity contribution in [3.63, 3.8) is 0 Å². The lowest BCUT2D eigenvalue weighted by molar-refractivity contribution is 0.0706. The van der Waals surface area contributed by atoms with E-state index in [-0.39, 0.29) is 17.6 Å². The second-order valence-corrected chi connectivity index (χ2v) is 6.90. The van der Waals surface area contributed by atoms with Gasteiger partial charge in [0.2, 0.25) is 0 Å². The van der Waals surface area contributed by atoms with Crippen molar-refractivity contribution in [3.05, 3.63) is 65.2 Å². The van der Waals surface area contributed by atoms with Crippen LogP contribution in [0.5, 0.6) is 0 Å². The monoisotopic (exact) mass is 352 g/mol. The van der Waals surface area contributed by atoms with Crippen LogP contribution < -0.4 is 0 Å². The van der Waals surface area contributed by atoms with Gasteiger partial charge in [-0.3, -0.25) is 9.89 Å². The Bertz CT molecular complexity index is 912. The molecule has 1 aliphatic heterocycles. The number of carbonyl (C=O) groups is 1. The van der Waals surface area contributed by atoms with Gasteiger partial charge in [0.05, 0.1) is 5.69 Å². The number of nitrogens with zero attached hydrogens (tertiary/aromatic N) is 2. The average Bonchev–Trinajstić information content (AvgIpc) is 3.31. The van der Waals surface area contributed by atoms with Gasteiger partial charge in [-0.1, -0.05) is 0 Å². The highest BCUT2D eigenvalue weighted by atomic mass is 19.1. The predicted octanol–water partition coefficient (Wildman–Crippen LogP) is 3.87. The first-order valence-corrected chi connectivity index (χ1v) is 8.85. The van der Waals surface area contributed by atoms with Gasteiger partial charge >= 0.3 is 0 Å². The van der Waals surface area contributed by atoms with E-state index < -0.39 is 0 Å². The first-order valence-electron chi connectivity index (χ1n) is 8.85. The molecule has 1 atom stereocenters. The molecule has 1 aromatic carbocycles. The average molecular weight is 352 g/mol. The fraction of sp³-hybridized carbons (Fsp3) is 0.300. The van der Waals surface area contributed by atoms with Crippen molar-refractivity contribution in [1.82, 2.24) is 20.1 Å². The van der Waals surface area contributed by atoms with E-state index in [2.05, 4.69) is 27.3 Å². The Morgan fingerprint density at radius 2 is 2.08 bits per heavy atom. The molecule has 1 aliphatic rings. The summed E-state index contributed by atoms with van der Waals surface area (Å²) >= 11 is 0. The van der Waals surface area contributed by atoms with Crippen LogP contribution in [0.4, 0.5) is 4.39 Å². The standard InChI is InChI=1S/C20H21FN4O/c1-13-9-18(22-11-13)19-10-17(23-24-19)15-3-2-8-25(12-15)20(26)14-4-6-16(21)7-5-14/h4-7,9-11,15,22H,2-3,8,12H2,1H3,(H,23,24)/t15-/m0/s1. The number of nitrogens with one attached hydrogen (secondary N) is 2. The number of aromatic amines is 2. The maximum Gasteiger partial charge on any atom is 0.253 e. The van der Waals surface area contributed by atoms with Gasteiger partial charge in [0.25, 0.3) is 5.91 Å². The second kappa shape index (κ2) is 6.78. The van der Waals surface area contributed by atoms with Gasteiger partial charge in [-0.25, -0.2) is 4.39 Å². The van der Waals surface area contributed by atoms with Crippen LogP contribution in [0.25, 0.3) is 11.4 Å². The van der Waals surface area contributed by atoms with Crippen LogP contribution in [-0.2, 0) is 0 Å². The van der Waals surface area contributed by atoms with E-state index in [1.54, 1.807) is 12.1 Å². The van der Waals surface area contributed by atoms with Crippen molar-refractivity contribution in [2.75, 3.05) is 13.1 Å². The Balaban J connectivity index is 1.49. The lowest BCUT2D eigenvalue weighted by atomic mass is 9.94. The Kier molecular flexibility index (Phi) is 4.32. The van der Waals surface area contributed by atoms with Gasteiger partial charge in [0.15, 0.2) is 0 Å². The number of aryl methyl sites for hydroxylation is 1. The third-order valence-corrected chi connectivity index (χ3v) is 4.94. The van der Waals surface area contributed by atoms with Crippen molar-refractivity contribution in [2.45, 2.75) is 25.7 Å². The summed E-state index contributed by atoms with van der Waals surface area (Å²) in [6, 6.07) is 9.86. The summed E-state index contributed by atoms with van der Waals surface area (Å²) in [5, 5.41) is 7.54. The Morgan fingerprint density at radius 1 is 1.27 bits per heavy atom. The van der Waals surface area contributed by atoms with Crippen LogP contribution in [0.1, 0.15) is 40.4 Å². The molecule has 134 valence electrons. The third kappa shape index (κ3) is 3.27. The molecule has 1 amide bonds. The molecule has 1 fully saturated rings. The second-order valence-electron chi connectivity index (χ2n) is 6.90. The number of hydrogen-bond donors (Lipinski definition) is 2. The maximum atomic E-state index is 13.1. The third-order valence-electron chi connectivity index (χ3n) is 4.94. The number of aromatic nitrogens is 3. The van der Waals surface area contributed by atoms with E-state index in [1.165, 1.54) is 17.7 Å². The summed E-state index contributed by atoms with van der Waals surface area (Å²) in [5.74, 6) is -0.150. The van der Waals surface area contributed by atoms with Gasteiger partial charge in [-0.15, -0.1) is 0 Å². The first kappa shape index (κ1) is 16.6. The van der Waals surface area contributed by atoms with Crippen molar-refractivity contribution >= 4 is 5.91 Å². The molecular formula is C20H21FN4O. The Hall–Kier alpha value is -2.89. The molecule has 4 rings (SSSR count). The summed E-state index contributed by atoms with van der Waals surface area (Å²) in [7, 11) is 0. The number of likely N-dealkylation sites (tertiary alicyclic amines) is 1. The number of amides is 1. The molecular weight excluding hydrogens is 331 g/mol. The molecule has 0 unspecified atom stereocenters. The van der Waals surface area contributed by atoms with Crippen LogP contribution in [0.3, 0.4) is 0 Å². The molecule has 26 heavy (non-hydrogen) atoms. The molecule has 2 N–H and O–H groups in total. The summed E-state index contributed by atoms with van der Waals surface area (Å²) in [6.07, 6.45) is 3.90. The molecule has 2 aromatic heterocycles. The Labute approximate surface area is 151 Å². The molecule has 3 aromatic rings. The van der Waals surface area contributed by atoms with Crippen molar-refractivity contribution in [2.24, 2.45) is 0 Å². The van der Waals surface area contributed by atoms with E-state index >= 15 is 0 Å². The predicted molar refractivity (Wildman–Crippen MR) is 97.4 cm³/mol. The Morgan fingerprint density at radius 3 is 2.81 bits per heavy atom. The zero-order valence-corrected chi connectivity index (χ0v) is 14.6. The molecule has 6 heteroatoms. The molecule has 0 spiro atoms. The number of carbonyl (C=O) groups excluding carboxylic acids is 1. The highest BCUT2D eigenvalue weighted by Crippen LogP contribution is 2.29. The maximum absolute atomic E-state index is 13.1. The molecule has 0 aliphatic carbocycles. The number of halogens is 1. The highest BCUT2D eigenvalue weighted by molar-refractivity contribution is 5.94. The summed E-state index contributed by atoms with van der Waals surface area (Å²) < 4.78 is 13.1. The topological polar surface area (TPSA) is 64.8 Å². The number of piperidine rings is 1. The van der Waals surface area contributed by atoms with Gasteiger partial charge in [0, 0.05) is 36.5 Å². The van der Waals surface area contributed by atoms with E-state index in [9.17, 15) is 9.18 Å². The number of H-pyrrole nitrogens is 2. The van der Waals surface area contributed by atoms with Crippen molar-refractivity contribution in [1.29, 1.82) is 0 Å². The number of benzene rings is 1. The van der Waals surface area contributed by atoms with E-state index in [0.717, 1.165) is 36.5 Å². The lowest BCUT2D eigenvalue weighted by Gasteiger charge is -2.32. The molecule has 3 heterocycles. The fourth-order valence-electron chi connectivity index (χ4n) is 3.52. The zero-order chi connectivity index (χ0) is 18.1. The van der Waals surface area contributed by atoms with Crippen LogP contribution in [-0.4, -0.2) is 39.1 Å². The van der Waals surface area contributed by atoms with E-state index in [4.69, 9.17) is 0 Å². The molecule has 0 radical (unpaired) electrons. The quantitative estimate of drug-likeness (QED) is 0.751. The summed E-state index contributed by atoms with van der Waals surface area (Å²) in [4.78, 5) is 17.8. The van der Waals surface area contributed by atoms with Crippen LogP contribution in [0, 0.1) is 12.7 Å². The van der Waals surface area contributed by atoms with Crippen molar-refractivity contribution < 1.29 is 9.18 Å². The number of rotatable bonds is 3. The minimum atomic E-state index is -0.331. The zero-order valence-electron chi connectivity index (χ0n) is 14.6. The minimum absolute atomic E-state index is 0.0468. The highest BCUT2D eigenvalue weighted by Gasteiger charge is 2.27. The minimum Gasteiger partial charge on any atom is -0.360 e. The lowest BCUT2D eigenvalue weighted by Crippen LogP contribution is -2.39. The fourth-order valence-corrected chi connectivity index (χ4v) is 3.52. The van der Waals surface area contributed by atoms with Crippen LogP contribution in [0.2, 0.25) is 0 Å². The smallest absolute Gasteiger partial charge is 0.253 e. The van der Waals surface area contributed by atoms with Crippen molar-refractivity contribution in [3.8, 4) is 11.4 Å². The largest absolute Gasteiger partial charge is 0.360 e.